The van der Waals surface area contributed by atoms with E-state index in [1.807, 2.05) is 52.0 Å². The third-order valence-electron chi connectivity index (χ3n) is 5.54. The Kier molecular flexibility index (Phi) is 11.8. The normalized spacial score (nSPS) is 20.9. The number of hydrogen-bond acceptors (Lipinski definition) is 4. The van der Waals surface area contributed by atoms with E-state index in [1.165, 1.54) is 24.8 Å². The number of aryl methyl sites for hydroxylation is 1. The topological polar surface area (TPSA) is 66.6 Å². The van der Waals surface area contributed by atoms with Crippen LogP contribution in [0.15, 0.2) is 24.3 Å². The van der Waals surface area contributed by atoms with Gasteiger partial charge < -0.3 is 10.6 Å². The summed E-state index contributed by atoms with van der Waals surface area (Å²) in [4.78, 5) is 27.5. The Bertz CT molecular complexity index is 601. The standard InChI is InChI=1S/C20H29N3O2.2C2H6/c1-15(24)12-23-18-9-10-19(23)14-22(13-18)11-3-2-4-16-5-7-17(8-6-16)20(21)25;2*1-2/h5-8,18-19H,2-4,9-14H2,1H3,(H2,21,25);2*1-2H3. The minimum absolute atomic E-state index is 0.285. The maximum atomic E-state index is 11.4. The lowest BCUT2D eigenvalue weighted by Crippen LogP contribution is -2.54. The molecule has 29 heavy (non-hydrogen) atoms. The fraction of sp³-hybridized carbons (Fsp3) is 0.667. The minimum Gasteiger partial charge on any atom is -0.366 e. The molecule has 1 amide bonds. The molecule has 2 fully saturated rings. The van der Waals surface area contributed by atoms with Gasteiger partial charge in [0.25, 0.3) is 0 Å². The van der Waals surface area contributed by atoms with Gasteiger partial charge in [-0.05, 0) is 63.3 Å². The van der Waals surface area contributed by atoms with E-state index < -0.39 is 0 Å². The van der Waals surface area contributed by atoms with Crippen LogP contribution in [0, 0.1) is 0 Å². The summed E-state index contributed by atoms with van der Waals surface area (Å²) in [6.07, 6.45) is 5.85. The van der Waals surface area contributed by atoms with Crippen LogP contribution in [0.3, 0.4) is 0 Å². The average molecular weight is 404 g/mol. The van der Waals surface area contributed by atoms with Crippen molar-refractivity contribution in [2.24, 2.45) is 5.73 Å². The average Bonchev–Trinajstić information content (AvgIpc) is 2.96. The van der Waals surface area contributed by atoms with Crippen LogP contribution in [-0.2, 0) is 11.2 Å². The van der Waals surface area contributed by atoms with Gasteiger partial charge >= 0.3 is 0 Å². The number of unbranched alkanes of at least 4 members (excludes halogenated alkanes) is 1. The molecule has 2 bridgehead atoms. The molecule has 2 saturated heterocycles. The number of ketones is 1. The molecular weight excluding hydrogens is 362 g/mol. The molecular formula is C24H41N3O2. The van der Waals surface area contributed by atoms with Crippen molar-refractivity contribution in [1.82, 2.24) is 9.80 Å². The molecule has 164 valence electrons. The van der Waals surface area contributed by atoms with Crippen molar-refractivity contribution in [3.8, 4) is 0 Å². The Morgan fingerprint density at radius 1 is 0.966 bits per heavy atom. The van der Waals surface area contributed by atoms with Gasteiger partial charge in [-0.2, -0.15) is 0 Å². The summed E-state index contributed by atoms with van der Waals surface area (Å²) in [5, 5.41) is 0. The van der Waals surface area contributed by atoms with Crippen LogP contribution in [0.25, 0.3) is 0 Å². The molecule has 5 heteroatoms. The molecule has 0 aromatic heterocycles. The number of benzene rings is 1. The highest BCUT2D eigenvalue weighted by atomic mass is 16.1. The molecule has 3 rings (SSSR count). The first-order valence-electron chi connectivity index (χ1n) is 11.4. The second-order valence-corrected chi connectivity index (χ2v) is 7.54. The summed E-state index contributed by atoms with van der Waals surface area (Å²) in [6, 6.07) is 8.77. The lowest BCUT2D eigenvalue weighted by molar-refractivity contribution is -0.119. The maximum absolute atomic E-state index is 11.4. The van der Waals surface area contributed by atoms with Crippen molar-refractivity contribution in [2.45, 2.75) is 78.8 Å². The van der Waals surface area contributed by atoms with E-state index in [9.17, 15) is 9.59 Å². The van der Waals surface area contributed by atoms with Gasteiger partial charge in [-0.3, -0.25) is 14.5 Å². The van der Waals surface area contributed by atoms with E-state index in [0.717, 1.165) is 32.5 Å². The number of primary amides is 1. The largest absolute Gasteiger partial charge is 0.366 e. The van der Waals surface area contributed by atoms with Crippen molar-refractivity contribution < 1.29 is 9.59 Å². The summed E-state index contributed by atoms with van der Waals surface area (Å²) < 4.78 is 0. The Morgan fingerprint density at radius 2 is 1.52 bits per heavy atom. The highest BCUT2D eigenvalue weighted by Crippen LogP contribution is 2.29. The summed E-state index contributed by atoms with van der Waals surface area (Å²) in [5.74, 6) is -0.0854. The van der Waals surface area contributed by atoms with Crippen LogP contribution < -0.4 is 5.73 Å². The fourth-order valence-electron chi connectivity index (χ4n) is 4.28. The van der Waals surface area contributed by atoms with Crippen LogP contribution in [0.5, 0.6) is 0 Å². The van der Waals surface area contributed by atoms with Crippen LogP contribution in [0.4, 0.5) is 0 Å². The van der Waals surface area contributed by atoms with Gasteiger partial charge in [0.2, 0.25) is 5.91 Å². The minimum atomic E-state index is -0.370. The first kappa shape index (κ1) is 25.3. The van der Waals surface area contributed by atoms with Crippen LogP contribution in [-0.4, -0.2) is 59.8 Å². The predicted molar refractivity (Wildman–Crippen MR) is 121 cm³/mol. The molecule has 1 aromatic carbocycles. The number of nitrogens with zero attached hydrogens (tertiary/aromatic N) is 2. The number of amides is 1. The zero-order valence-corrected chi connectivity index (χ0v) is 19.1. The van der Waals surface area contributed by atoms with Crippen LogP contribution >= 0.6 is 0 Å². The monoisotopic (exact) mass is 403 g/mol. The highest BCUT2D eigenvalue weighted by Gasteiger charge is 2.39. The van der Waals surface area contributed by atoms with Gasteiger partial charge in [-0.1, -0.05) is 39.8 Å². The molecule has 0 saturated carbocycles. The Hall–Kier alpha value is -1.72. The first-order chi connectivity index (χ1) is 14.0. The molecule has 2 N–H and O–H groups in total. The molecule has 2 aliphatic rings. The predicted octanol–water partition coefficient (Wildman–Crippen LogP) is 3.90. The third kappa shape index (κ3) is 7.90. The smallest absolute Gasteiger partial charge is 0.248 e. The maximum Gasteiger partial charge on any atom is 0.248 e. The number of carbonyl (C=O) groups excluding carboxylic acids is 2. The Labute approximate surface area is 177 Å². The summed E-state index contributed by atoms with van der Waals surface area (Å²) in [5.41, 5.74) is 7.10. The van der Waals surface area contributed by atoms with E-state index in [0.29, 0.717) is 24.2 Å². The first-order valence-corrected chi connectivity index (χ1v) is 11.4. The van der Waals surface area contributed by atoms with Crippen molar-refractivity contribution in [3.63, 3.8) is 0 Å². The van der Waals surface area contributed by atoms with E-state index in [1.54, 1.807) is 6.92 Å². The number of fused-ring (bicyclic) bond motifs is 2. The number of piperazine rings is 1. The van der Waals surface area contributed by atoms with Gasteiger partial charge in [0.05, 0.1) is 6.54 Å². The molecule has 0 spiro atoms. The van der Waals surface area contributed by atoms with Crippen molar-refractivity contribution in [2.75, 3.05) is 26.2 Å². The summed E-state index contributed by atoms with van der Waals surface area (Å²) in [6.45, 7) is 13.7. The quantitative estimate of drug-likeness (QED) is 0.669. The van der Waals surface area contributed by atoms with Gasteiger partial charge in [-0.15, -0.1) is 0 Å². The molecule has 5 nitrogen and oxygen atoms in total. The van der Waals surface area contributed by atoms with Gasteiger partial charge in [0.1, 0.15) is 5.78 Å². The SMILES string of the molecule is CC.CC.CC(=O)CN1C2CCC1CN(CCCCc1ccc(C(N)=O)cc1)C2. The van der Waals surface area contributed by atoms with E-state index in [4.69, 9.17) is 5.73 Å². The van der Waals surface area contributed by atoms with Gasteiger partial charge in [0.15, 0.2) is 0 Å². The molecule has 1 aromatic rings. The number of hydrogen-bond donors (Lipinski definition) is 1. The van der Waals surface area contributed by atoms with E-state index in [2.05, 4.69) is 9.80 Å². The van der Waals surface area contributed by atoms with Gasteiger partial charge in [-0.25, -0.2) is 0 Å². The third-order valence-corrected chi connectivity index (χ3v) is 5.54. The number of likely N-dealkylation sites (tertiary alicyclic amines) is 1. The van der Waals surface area contributed by atoms with Crippen molar-refractivity contribution in [1.29, 1.82) is 0 Å². The number of nitrogens with two attached hydrogens (primary N) is 1. The summed E-state index contributed by atoms with van der Waals surface area (Å²) in [7, 11) is 0. The second-order valence-electron chi connectivity index (χ2n) is 7.54. The van der Waals surface area contributed by atoms with E-state index in [-0.39, 0.29) is 11.7 Å². The fourth-order valence-corrected chi connectivity index (χ4v) is 4.28. The number of rotatable bonds is 8. The lowest BCUT2D eigenvalue weighted by Gasteiger charge is -2.40. The molecule has 2 unspecified atom stereocenters. The van der Waals surface area contributed by atoms with Crippen molar-refractivity contribution in [3.05, 3.63) is 35.4 Å². The van der Waals surface area contributed by atoms with Crippen molar-refractivity contribution >= 4 is 11.7 Å². The molecule has 2 atom stereocenters. The second kappa shape index (κ2) is 13.5. The number of Topliss-reactive ketones (excluding diaryl/α,β-unsaturated/α-hetero) is 1. The van der Waals surface area contributed by atoms with Crippen LogP contribution in [0.2, 0.25) is 0 Å². The Balaban J connectivity index is 0.000000989. The molecule has 2 aliphatic heterocycles. The number of carbonyl (C=O) groups is 2. The summed E-state index contributed by atoms with van der Waals surface area (Å²) >= 11 is 0. The Morgan fingerprint density at radius 3 is 2.00 bits per heavy atom. The van der Waals surface area contributed by atoms with E-state index >= 15 is 0 Å². The zero-order valence-electron chi connectivity index (χ0n) is 19.1. The molecule has 0 aliphatic carbocycles. The zero-order chi connectivity index (χ0) is 21.8. The molecule has 2 heterocycles. The lowest BCUT2D eigenvalue weighted by atomic mass is 10.1. The molecule has 0 radical (unpaired) electrons. The van der Waals surface area contributed by atoms with Gasteiger partial charge in [0, 0.05) is 30.7 Å². The highest BCUT2D eigenvalue weighted by molar-refractivity contribution is 5.92. The van der Waals surface area contributed by atoms with Crippen LogP contribution in [0.1, 0.15) is 76.2 Å².